The summed E-state index contributed by atoms with van der Waals surface area (Å²) >= 11 is 0. The van der Waals surface area contributed by atoms with Gasteiger partial charge in [0.1, 0.15) is 0 Å². The minimum atomic E-state index is -0.787. The molecule has 0 aliphatic heterocycles. The first-order valence-corrected chi connectivity index (χ1v) is 6.67. The van der Waals surface area contributed by atoms with Crippen molar-refractivity contribution < 1.29 is 4.79 Å². The minimum Gasteiger partial charge on any atom is -0.324 e. The second-order valence-electron chi connectivity index (χ2n) is 5.25. The molecular weight excluding hydrogens is 272 g/mol. The predicted molar refractivity (Wildman–Crippen MR) is 81.6 cm³/mol. The molecular formula is C14H18N4O3. The number of rotatable bonds is 4. The van der Waals surface area contributed by atoms with Crippen LogP contribution >= 0.6 is 0 Å². The summed E-state index contributed by atoms with van der Waals surface area (Å²) in [5, 5.41) is 10.7. The van der Waals surface area contributed by atoms with Gasteiger partial charge in [-0.25, -0.2) is 0 Å². The van der Waals surface area contributed by atoms with Crippen LogP contribution in [0.15, 0.2) is 27.8 Å². The van der Waals surface area contributed by atoms with Gasteiger partial charge in [-0.1, -0.05) is 13.0 Å². The first-order chi connectivity index (χ1) is 9.86. The molecule has 0 unspecified atom stereocenters. The third kappa shape index (κ3) is 2.87. The molecule has 2 rings (SSSR count). The van der Waals surface area contributed by atoms with Crippen molar-refractivity contribution >= 4 is 22.4 Å². The van der Waals surface area contributed by atoms with E-state index in [1.807, 2.05) is 6.92 Å². The summed E-state index contributed by atoms with van der Waals surface area (Å²) in [6.45, 7) is 6.02. The molecule has 0 saturated heterocycles. The zero-order valence-corrected chi connectivity index (χ0v) is 12.2. The molecule has 1 heterocycles. The number of hydrogen-bond donors (Lipinski definition) is 4. The van der Waals surface area contributed by atoms with Crippen LogP contribution in [0.4, 0.5) is 5.69 Å². The van der Waals surface area contributed by atoms with Crippen LogP contribution in [0, 0.1) is 0 Å². The van der Waals surface area contributed by atoms with Crippen molar-refractivity contribution in [1.29, 1.82) is 0 Å². The Morgan fingerprint density at radius 3 is 2.52 bits per heavy atom. The first kappa shape index (κ1) is 15.0. The summed E-state index contributed by atoms with van der Waals surface area (Å²) < 4.78 is 0. The lowest BCUT2D eigenvalue weighted by Gasteiger charge is -2.24. The quantitative estimate of drug-likeness (QED) is 0.659. The maximum atomic E-state index is 12.3. The Bertz CT molecular complexity index is 789. The van der Waals surface area contributed by atoms with Gasteiger partial charge in [0.05, 0.1) is 22.0 Å². The van der Waals surface area contributed by atoms with Gasteiger partial charge in [0.15, 0.2) is 0 Å². The molecule has 4 N–H and O–H groups in total. The number of likely N-dealkylation sites (N-methyl/N-ethyl adjacent to an activating group) is 1. The number of fused-ring (bicyclic) bond motifs is 1. The number of nitrogens with one attached hydrogen (secondary N) is 4. The molecule has 0 fully saturated rings. The van der Waals surface area contributed by atoms with E-state index in [0.29, 0.717) is 12.2 Å². The molecule has 1 aromatic carbocycles. The molecule has 112 valence electrons. The van der Waals surface area contributed by atoms with Crippen LogP contribution < -0.4 is 21.8 Å². The molecule has 2 aromatic rings. The number of aromatic nitrogens is 2. The SMILES string of the molecule is CCNC(C)(C)C(=O)Nc1cccc2c(=O)[nH][nH]c(=O)c12. The normalized spacial score (nSPS) is 11.6. The highest BCUT2D eigenvalue weighted by Gasteiger charge is 2.26. The minimum absolute atomic E-state index is 0.168. The fraction of sp³-hybridized carbons (Fsp3) is 0.357. The molecule has 0 bridgehead atoms. The van der Waals surface area contributed by atoms with Crippen molar-refractivity contribution in [2.24, 2.45) is 0 Å². The fourth-order valence-corrected chi connectivity index (χ4v) is 2.13. The van der Waals surface area contributed by atoms with Crippen LogP contribution in [0.25, 0.3) is 10.8 Å². The summed E-state index contributed by atoms with van der Waals surface area (Å²) in [7, 11) is 0. The summed E-state index contributed by atoms with van der Waals surface area (Å²) in [6, 6.07) is 4.75. The summed E-state index contributed by atoms with van der Waals surface area (Å²) in [5.41, 5.74) is -1.34. The first-order valence-electron chi connectivity index (χ1n) is 6.67. The maximum absolute atomic E-state index is 12.3. The Hall–Kier alpha value is -2.41. The lowest BCUT2D eigenvalue weighted by atomic mass is 10.0. The van der Waals surface area contributed by atoms with Gasteiger partial charge in [-0.3, -0.25) is 24.6 Å². The highest BCUT2D eigenvalue weighted by Crippen LogP contribution is 2.18. The van der Waals surface area contributed by atoms with Crippen molar-refractivity contribution in [2.45, 2.75) is 26.3 Å². The second kappa shape index (κ2) is 5.53. The molecule has 0 aliphatic carbocycles. The Balaban J connectivity index is 2.49. The van der Waals surface area contributed by atoms with Crippen LogP contribution in [0.2, 0.25) is 0 Å². The zero-order chi connectivity index (χ0) is 15.6. The summed E-state index contributed by atoms with van der Waals surface area (Å²) in [6.07, 6.45) is 0. The van der Waals surface area contributed by atoms with Crippen molar-refractivity contribution in [3.8, 4) is 0 Å². The van der Waals surface area contributed by atoms with Gasteiger partial charge in [-0.05, 0) is 32.5 Å². The van der Waals surface area contributed by atoms with Crippen LogP contribution in [-0.4, -0.2) is 28.2 Å². The van der Waals surface area contributed by atoms with E-state index in [1.54, 1.807) is 26.0 Å². The number of H-pyrrole nitrogens is 2. The van der Waals surface area contributed by atoms with E-state index >= 15 is 0 Å². The van der Waals surface area contributed by atoms with Crippen LogP contribution in [0.1, 0.15) is 20.8 Å². The highest BCUT2D eigenvalue weighted by atomic mass is 16.2. The van der Waals surface area contributed by atoms with Gasteiger partial charge < -0.3 is 10.6 Å². The number of aromatic amines is 2. The molecule has 21 heavy (non-hydrogen) atoms. The molecule has 0 spiro atoms. The average Bonchev–Trinajstić information content (AvgIpc) is 2.43. The van der Waals surface area contributed by atoms with E-state index in [9.17, 15) is 14.4 Å². The fourth-order valence-electron chi connectivity index (χ4n) is 2.13. The van der Waals surface area contributed by atoms with Crippen LogP contribution in [0.3, 0.4) is 0 Å². The molecule has 0 radical (unpaired) electrons. The van der Waals surface area contributed by atoms with E-state index in [4.69, 9.17) is 0 Å². The Labute approximate surface area is 120 Å². The van der Waals surface area contributed by atoms with Gasteiger partial charge in [0.2, 0.25) is 5.91 Å². The third-order valence-electron chi connectivity index (χ3n) is 3.26. The molecule has 0 saturated carbocycles. The van der Waals surface area contributed by atoms with E-state index < -0.39 is 16.7 Å². The number of hydrogen-bond acceptors (Lipinski definition) is 4. The highest BCUT2D eigenvalue weighted by molar-refractivity contribution is 6.04. The number of benzene rings is 1. The number of carbonyl (C=O) groups is 1. The zero-order valence-electron chi connectivity index (χ0n) is 12.2. The number of amides is 1. The van der Waals surface area contributed by atoms with E-state index in [2.05, 4.69) is 20.8 Å². The molecule has 0 aliphatic rings. The number of anilines is 1. The monoisotopic (exact) mass is 290 g/mol. The standard InChI is InChI=1S/C14H18N4O3/c1-4-15-14(2,3)13(21)16-9-7-5-6-8-10(9)12(20)18-17-11(8)19/h5-7,15H,4H2,1-3H3,(H,16,21)(H,17,19)(H,18,20). The lowest BCUT2D eigenvalue weighted by molar-refractivity contribution is -0.121. The third-order valence-corrected chi connectivity index (χ3v) is 3.26. The second-order valence-corrected chi connectivity index (χ2v) is 5.25. The molecule has 7 nitrogen and oxygen atoms in total. The molecule has 1 amide bonds. The summed E-state index contributed by atoms with van der Waals surface area (Å²) in [4.78, 5) is 35.9. The average molecular weight is 290 g/mol. The Morgan fingerprint density at radius 2 is 1.86 bits per heavy atom. The van der Waals surface area contributed by atoms with Gasteiger partial charge in [-0.2, -0.15) is 0 Å². The van der Waals surface area contributed by atoms with Crippen molar-refractivity contribution in [3.05, 3.63) is 38.9 Å². The maximum Gasteiger partial charge on any atom is 0.272 e. The van der Waals surface area contributed by atoms with Crippen LogP contribution in [-0.2, 0) is 4.79 Å². The van der Waals surface area contributed by atoms with Crippen molar-refractivity contribution in [3.63, 3.8) is 0 Å². The van der Waals surface area contributed by atoms with E-state index in [0.717, 1.165) is 0 Å². The molecule has 1 aromatic heterocycles. The van der Waals surface area contributed by atoms with Gasteiger partial charge in [0, 0.05) is 0 Å². The molecule has 7 heteroatoms. The van der Waals surface area contributed by atoms with Gasteiger partial charge >= 0.3 is 0 Å². The van der Waals surface area contributed by atoms with Gasteiger partial charge in [-0.15, -0.1) is 0 Å². The van der Waals surface area contributed by atoms with E-state index in [1.165, 1.54) is 6.07 Å². The topological polar surface area (TPSA) is 107 Å². The lowest BCUT2D eigenvalue weighted by Crippen LogP contribution is -2.49. The Morgan fingerprint density at radius 1 is 1.19 bits per heavy atom. The largest absolute Gasteiger partial charge is 0.324 e. The van der Waals surface area contributed by atoms with Crippen LogP contribution in [0.5, 0.6) is 0 Å². The van der Waals surface area contributed by atoms with Gasteiger partial charge in [0.25, 0.3) is 11.1 Å². The van der Waals surface area contributed by atoms with Crippen molar-refractivity contribution in [2.75, 3.05) is 11.9 Å². The number of carbonyl (C=O) groups excluding carboxylic acids is 1. The van der Waals surface area contributed by atoms with Crippen molar-refractivity contribution in [1.82, 2.24) is 15.5 Å². The van der Waals surface area contributed by atoms with E-state index in [-0.39, 0.29) is 16.7 Å². The smallest absolute Gasteiger partial charge is 0.272 e. The Kier molecular flexibility index (Phi) is 3.95. The predicted octanol–water partition coefficient (Wildman–Crippen LogP) is 0.543. The molecule has 0 atom stereocenters. The summed E-state index contributed by atoms with van der Waals surface area (Å²) in [5.74, 6) is -0.281.